The Labute approximate surface area is 132 Å². The molecule has 1 aliphatic carbocycles. The van der Waals surface area contributed by atoms with Crippen LogP contribution in [0.2, 0.25) is 0 Å². The summed E-state index contributed by atoms with van der Waals surface area (Å²) in [4.78, 5) is 18.1. The van der Waals surface area contributed by atoms with Crippen molar-refractivity contribution in [3.8, 4) is 0 Å². The Morgan fingerprint density at radius 1 is 1.48 bits per heavy atom. The van der Waals surface area contributed by atoms with Crippen molar-refractivity contribution in [3.05, 3.63) is 33.5 Å². The Morgan fingerprint density at radius 2 is 2.24 bits per heavy atom. The van der Waals surface area contributed by atoms with E-state index in [0.717, 1.165) is 18.5 Å². The lowest BCUT2D eigenvalue weighted by Gasteiger charge is -2.18. The van der Waals surface area contributed by atoms with Crippen LogP contribution in [0.3, 0.4) is 0 Å². The normalized spacial score (nSPS) is 23.0. The highest BCUT2D eigenvalue weighted by molar-refractivity contribution is 7.13. The summed E-state index contributed by atoms with van der Waals surface area (Å²) in [5.41, 5.74) is 6.24. The molecule has 0 bridgehead atoms. The number of anilines is 1. The summed E-state index contributed by atoms with van der Waals surface area (Å²) < 4.78 is 0. The topological polar surface area (TPSA) is 68.0 Å². The number of thiophene rings is 1. The van der Waals surface area contributed by atoms with E-state index >= 15 is 0 Å². The molecule has 1 unspecified atom stereocenters. The minimum Gasteiger partial charge on any atom is -0.375 e. The molecule has 0 saturated heterocycles. The fourth-order valence-corrected chi connectivity index (χ4v) is 4.65. The summed E-state index contributed by atoms with van der Waals surface area (Å²) in [7, 11) is 0. The number of nitrogen functional groups attached to an aromatic ring is 1. The first-order valence-corrected chi connectivity index (χ1v) is 8.74. The van der Waals surface area contributed by atoms with Crippen molar-refractivity contribution in [1.82, 2.24) is 10.3 Å². The Hall–Kier alpha value is -1.40. The maximum absolute atomic E-state index is 12.7. The van der Waals surface area contributed by atoms with Crippen molar-refractivity contribution in [2.45, 2.75) is 32.1 Å². The van der Waals surface area contributed by atoms with Gasteiger partial charge in [0.2, 0.25) is 5.91 Å². The fraction of sp³-hybridized carbons (Fsp3) is 0.467. The average molecular weight is 321 g/mol. The van der Waals surface area contributed by atoms with E-state index in [9.17, 15) is 4.79 Å². The molecule has 4 nitrogen and oxygen atoms in total. The molecular formula is C15H19N3OS2. The summed E-state index contributed by atoms with van der Waals surface area (Å²) >= 11 is 3.10. The van der Waals surface area contributed by atoms with Gasteiger partial charge in [0.15, 0.2) is 5.13 Å². The highest BCUT2D eigenvalue weighted by atomic mass is 32.1. The van der Waals surface area contributed by atoms with Crippen LogP contribution in [-0.2, 0) is 16.6 Å². The molecule has 0 aromatic carbocycles. The van der Waals surface area contributed by atoms with Gasteiger partial charge in [0.25, 0.3) is 0 Å². The number of hydrogen-bond donors (Lipinski definition) is 2. The Bertz CT molecular complexity index is 648. The first kappa shape index (κ1) is 14.5. The van der Waals surface area contributed by atoms with E-state index < -0.39 is 0 Å². The van der Waals surface area contributed by atoms with Crippen LogP contribution in [0.15, 0.2) is 22.9 Å². The van der Waals surface area contributed by atoms with Gasteiger partial charge in [-0.3, -0.25) is 4.79 Å². The highest BCUT2D eigenvalue weighted by Crippen LogP contribution is 2.65. The fourth-order valence-electron chi connectivity index (χ4n) is 2.95. The van der Waals surface area contributed by atoms with Gasteiger partial charge in [0.05, 0.1) is 11.1 Å². The smallest absolute Gasteiger partial charge is 0.232 e. The second-order valence-electron chi connectivity index (χ2n) is 6.13. The number of aromatic nitrogens is 1. The highest BCUT2D eigenvalue weighted by Gasteiger charge is 2.67. The second-order valence-corrected chi connectivity index (χ2v) is 7.96. The number of amides is 1. The van der Waals surface area contributed by atoms with Crippen LogP contribution in [0.4, 0.5) is 5.13 Å². The summed E-state index contributed by atoms with van der Waals surface area (Å²) in [5.74, 6) is 0.137. The SMILES string of the molecule is CC1(C)CC1(C(=O)NCCc1csc(N)n1)c1cccs1. The number of thiazole rings is 1. The maximum atomic E-state index is 12.7. The minimum absolute atomic E-state index is 0.0347. The average Bonchev–Trinajstić information content (AvgIpc) is 2.87. The zero-order valence-electron chi connectivity index (χ0n) is 12.2. The van der Waals surface area contributed by atoms with Crippen molar-refractivity contribution in [2.24, 2.45) is 5.41 Å². The molecule has 2 heterocycles. The lowest BCUT2D eigenvalue weighted by Crippen LogP contribution is -2.38. The minimum atomic E-state index is -0.345. The van der Waals surface area contributed by atoms with Gasteiger partial charge >= 0.3 is 0 Å². The van der Waals surface area contributed by atoms with Crippen molar-refractivity contribution in [3.63, 3.8) is 0 Å². The molecule has 112 valence electrons. The van der Waals surface area contributed by atoms with Crippen LogP contribution in [0, 0.1) is 5.41 Å². The first-order chi connectivity index (χ1) is 9.96. The van der Waals surface area contributed by atoms with Gasteiger partial charge in [-0.05, 0) is 23.3 Å². The number of hydrogen-bond acceptors (Lipinski definition) is 5. The van der Waals surface area contributed by atoms with Gasteiger partial charge in [-0.1, -0.05) is 19.9 Å². The summed E-state index contributed by atoms with van der Waals surface area (Å²) in [5, 5.41) is 7.64. The molecule has 3 N–H and O–H groups in total. The number of rotatable bonds is 5. The van der Waals surface area contributed by atoms with Crippen LogP contribution < -0.4 is 11.1 Å². The molecule has 0 aliphatic heterocycles. The van der Waals surface area contributed by atoms with Gasteiger partial charge in [0.1, 0.15) is 0 Å². The Balaban J connectivity index is 1.64. The van der Waals surface area contributed by atoms with E-state index in [4.69, 9.17) is 5.73 Å². The third kappa shape index (κ3) is 2.46. The van der Waals surface area contributed by atoms with Crippen LogP contribution in [0.1, 0.15) is 30.8 Å². The van der Waals surface area contributed by atoms with Crippen molar-refractivity contribution in [1.29, 1.82) is 0 Å². The number of nitrogens with two attached hydrogens (primary N) is 1. The number of carbonyl (C=O) groups excluding carboxylic acids is 1. The molecule has 1 aliphatic rings. The lowest BCUT2D eigenvalue weighted by atomic mass is 9.93. The summed E-state index contributed by atoms with van der Waals surface area (Å²) in [6.07, 6.45) is 1.64. The molecule has 2 aromatic rings. The van der Waals surface area contributed by atoms with Crippen LogP contribution >= 0.6 is 22.7 Å². The van der Waals surface area contributed by atoms with E-state index in [1.807, 2.05) is 16.8 Å². The third-order valence-corrected chi connectivity index (χ3v) is 6.06. The van der Waals surface area contributed by atoms with E-state index in [2.05, 4.69) is 30.2 Å². The maximum Gasteiger partial charge on any atom is 0.232 e. The Kier molecular flexibility index (Phi) is 3.53. The predicted molar refractivity (Wildman–Crippen MR) is 87.6 cm³/mol. The first-order valence-electron chi connectivity index (χ1n) is 6.98. The van der Waals surface area contributed by atoms with Crippen LogP contribution in [0.25, 0.3) is 0 Å². The van der Waals surface area contributed by atoms with Crippen molar-refractivity contribution >= 4 is 33.7 Å². The molecule has 3 rings (SSSR count). The molecular weight excluding hydrogens is 302 g/mol. The lowest BCUT2D eigenvalue weighted by molar-refractivity contribution is -0.124. The third-order valence-electron chi connectivity index (χ3n) is 4.30. The molecule has 1 amide bonds. The van der Waals surface area contributed by atoms with Gasteiger partial charge in [-0.25, -0.2) is 4.98 Å². The molecule has 2 aromatic heterocycles. The standard InChI is InChI=1S/C15H19N3OS2/c1-14(2)9-15(14,11-4-3-7-20-11)12(19)17-6-5-10-8-21-13(16)18-10/h3-4,7-8H,5-6,9H2,1-2H3,(H2,16,18)(H,17,19). The molecule has 0 spiro atoms. The van der Waals surface area contributed by atoms with E-state index in [0.29, 0.717) is 11.7 Å². The molecule has 1 atom stereocenters. The number of carbonyl (C=O) groups is 1. The summed E-state index contributed by atoms with van der Waals surface area (Å²) in [6, 6.07) is 4.08. The van der Waals surface area contributed by atoms with Gasteiger partial charge in [0, 0.05) is 23.2 Å². The predicted octanol–water partition coefficient (Wildman–Crippen LogP) is 2.81. The number of nitrogens with zero attached hydrogens (tertiary/aromatic N) is 1. The molecule has 1 fully saturated rings. The van der Waals surface area contributed by atoms with Crippen LogP contribution in [-0.4, -0.2) is 17.4 Å². The second kappa shape index (κ2) is 5.10. The zero-order chi connectivity index (χ0) is 15.1. The molecule has 0 radical (unpaired) electrons. The summed E-state index contributed by atoms with van der Waals surface area (Å²) in [6.45, 7) is 4.92. The van der Waals surface area contributed by atoms with Gasteiger partial charge in [-0.2, -0.15) is 0 Å². The number of nitrogens with one attached hydrogen (secondary N) is 1. The molecule has 21 heavy (non-hydrogen) atoms. The molecule has 1 saturated carbocycles. The Morgan fingerprint density at radius 3 is 2.76 bits per heavy atom. The van der Waals surface area contributed by atoms with E-state index in [1.165, 1.54) is 16.2 Å². The van der Waals surface area contributed by atoms with Gasteiger partial charge < -0.3 is 11.1 Å². The van der Waals surface area contributed by atoms with Crippen molar-refractivity contribution < 1.29 is 4.79 Å². The van der Waals surface area contributed by atoms with Gasteiger partial charge in [-0.15, -0.1) is 22.7 Å². The largest absolute Gasteiger partial charge is 0.375 e. The molecule has 6 heteroatoms. The van der Waals surface area contributed by atoms with Crippen LogP contribution in [0.5, 0.6) is 0 Å². The van der Waals surface area contributed by atoms with E-state index in [1.54, 1.807) is 11.3 Å². The zero-order valence-corrected chi connectivity index (χ0v) is 13.8. The van der Waals surface area contributed by atoms with Crippen molar-refractivity contribution in [2.75, 3.05) is 12.3 Å². The van der Waals surface area contributed by atoms with E-state index in [-0.39, 0.29) is 16.7 Å². The quantitative estimate of drug-likeness (QED) is 0.890. The monoisotopic (exact) mass is 321 g/mol.